The van der Waals surface area contributed by atoms with E-state index in [-0.39, 0.29) is 12.6 Å². The van der Waals surface area contributed by atoms with Crippen LogP contribution in [0.25, 0.3) is 0 Å². The number of aliphatic hydroxyl groups excluding tert-OH is 1. The number of aryl methyl sites for hydroxylation is 1. The van der Waals surface area contributed by atoms with Crippen LogP contribution in [0.4, 0.5) is 0 Å². The minimum Gasteiger partial charge on any atom is -0.395 e. The van der Waals surface area contributed by atoms with Crippen molar-refractivity contribution in [3.63, 3.8) is 0 Å². The number of halogens is 1. The maximum atomic E-state index is 8.84. The number of benzene rings is 1. The van der Waals surface area contributed by atoms with E-state index in [9.17, 15) is 0 Å². The Morgan fingerprint density at radius 1 is 1.50 bits per heavy atom. The summed E-state index contributed by atoms with van der Waals surface area (Å²) in [7, 11) is 0. The van der Waals surface area contributed by atoms with Crippen molar-refractivity contribution in [2.75, 3.05) is 6.61 Å². The summed E-state index contributed by atoms with van der Waals surface area (Å²) in [5.74, 6) is 0. The molecule has 1 atom stereocenters. The lowest BCUT2D eigenvalue weighted by Crippen LogP contribution is -2.28. The van der Waals surface area contributed by atoms with Crippen molar-refractivity contribution in [3.05, 3.63) is 34.3 Å². The van der Waals surface area contributed by atoms with Gasteiger partial charge in [-0.25, -0.2) is 0 Å². The van der Waals surface area contributed by atoms with Crippen molar-refractivity contribution in [1.29, 1.82) is 0 Å². The maximum absolute atomic E-state index is 8.84. The highest BCUT2D eigenvalue weighted by Gasteiger charge is 2.04. The van der Waals surface area contributed by atoms with E-state index in [0.717, 1.165) is 16.1 Å². The third-order valence-electron chi connectivity index (χ3n) is 2.19. The Morgan fingerprint density at radius 3 is 2.86 bits per heavy atom. The summed E-state index contributed by atoms with van der Waals surface area (Å²) >= 11 is 6.12. The van der Waals surface area contributed by atoms with E-state index in [0.29, 0.717) is 6.54 Å². The van der Waals surface area contributed by atoms with Gasteiger partial charge in [0.15, 0.2) is 0 Å². The van der Waals surface area contributed by atoms with Gasteiger partial charge in [0.2, 0.25) is 0 Å². The fraction of sp³-hybridized carbons (Fsp3) is 0.455. The Morgan fingerprint density at radius 2 is 2.21 bits per heavy atom. The first-order valence-corrected chi connectivity index (χ1v) is 5.11. The number of hydrogen-bond donors (Lipinski definition) is 2. The zero-order valence-electron chi connectivity index (χ0n) is 8.55. The number of aliphatic hydroxyl groups is 1. The molecule has 0 heterocycles. The van der Waals surface area contributed by atoms with Gasteiger partial charge in [-0.2, -0.15) is 0 Å². The van der Waals surface area contributed by atoms with Crippen molar-refractivity contribution < 1.29 is 5.11 Å². The third kappa shape index (κ3) is 2.98. The molecule has 0 aliphatic rings. The highest BCUT2D eigenvalue weighted by atomic mass is 35.5. The molecule has 0 saturated carbocycles. The first-order chi connectivity index (χ1) is 6.65. The van der Waals surface area contributed by atoms with Crippen LogP contribution in [0.2, 0.25) is 5.02 Å². The quantitative estimate of drug-likeness (QED) is 0.803. The van der Waals surface area contributed by atoms with Gasteiger partial charge in [0.25, 0.3) is 0 Å². The van der Waals surface area contributed by atoms with Gasteiger partial charge in [-0.3, -0.25) is 0 Å². The second-order valence-electron chi connectivity index (χ2n) is 3.51. The molecule has 14 heavy (non-hydrogen) atoms. The number of nitrogens with one attached hydrogen (secondary N) is 1. The zero-order chi connectivity index (χ0) is 10.6. The van der Waals surface area contributed by atoms with Crippen molar-refractivity contribution >= 4 is 11.6 Å². The second kappa shape index (κ2) is 5.35. The lowest BCUT2D eigenvalue weighted by atomic mass is 10.1. The van der Waals surface area contributed by atoms with E-state index in [1.54, 1.807) is 0 Å². The van der Waals surface area contributed by atoms with E-state index < -0.39 is 0 Å². The Kier molecular flexibility index (Phi) is 4.39. The molecule has 0 aliphatic heterocycles. The second-order valence-corrected chi connectivity index (χ2v) is 3.89. The van der Waals surface area contributed by atoms with Gasteiger partial charge >= 0.3 is 0 Å². The first-order valence-electron chi connectivity index (χ1n) is 4.73. The molecule has 78 valence electrons. The molecule has 0 fully saturated rings. The molecular formula is C11H16ClNO. The van der Waals surface area contributed by atoms with E-state index in [1.165, 1.54) is 0 Å². The molecule has 1 aromatic carbocycles. The van der Waals surface area contributed by atoms with Crippen molar-refractivity contribution in [2.24, 2.45) is 0 Å². The summed E-state index contributed by atoms with van der Waals surface area (Å²) in [4.78, 5) is 0. The molecule has 0 aliphatic carbocycles. The summed E-state index contributed by atoms with van der Waals surface area (Å²) in [6, 6.07) is 6.07. The van der Waals surface area contributed by atoms with Crippen molar-refractivity contribution in [1.82, 2.24) is 5.32 Å². The van der Waals surface area contributed by atoms with Crippen LogP contribution < -0.4 is 5.32 Å². The molecule has 0 radical (unpaired) electrons. The Labute approximate surface area is 89.9 Å². The minimum atomic E-state index is 0.103. The normalized spacial score (nSPS) is 12.9. The first kappa shape index (κ1) is 11.5. The summed E-state index contributed by atoms with van der Waals surface area (Å²) in [5, 5.41) is 12.8. The largest absolute Gasteiger partial charge is 0.395 e. The molecular weight excluding hydrogens is 198 g/mol. The highest BCUT2D eigenvalue weighted by molar-refractivity contribution is 6.32. The minimum absolute atomic E-state index is 0.103. The third-order valence-corrected chi connectivity index (χ3v) is 2.73. The van der Waals surface area contributed by atoms with Crippen LogP contribution >= 0.6 is 11.6 Å². The van der Waals surface area contributed by atoms with Gasteiger partial charge in [-0.15, -0.1) is 0 Å². The highest BCUT2D eigenvalue weighted by Crippen LogP contribution is 2.19. The van der Waals surface area contributed by atoms with Gasteiger partial charge in [0.05, 0.1) is 6.61 Å². The molecule has 1 unspecified atom stereocenters. The number of rotatable bonds is 4. The smallest absolute Gasteiger partial charge is 0.0582 e. The molecule has 0 aromatic heterocycles. The molecule has 0 bridgehead atoms. The lowest BCUT2D eigenvalue weighted by Gasteiger charge is -2.12. The summed E-state index contributed by atoms with van der Waals surface area (Å²) in [6.45, 7) is 4.76. The Bertz CT molecular complexity index is 301. The monoisotopic (exact) mass is 213 g/mol. The van der Waals surface area contributed by atoms with Crippen LogP contribution in [0.3, 0.4) is 0 Å². The fourth-order valence-corrected chi connectivity index (χ4v) is 1.39. The molecule has 0 amide bonds. The lowest BCUT2D eigenvalue weighted by molar-refractivity contribution is 0.251. The molecule has 1 aromatic rings. The summed E-state index contributed by atoms with van der Waals surface area (Å²) in [5.41, 5.74) is 2.16. The van der Waals surface area contributed by atoms with Crippen LogP contribution in [-0.2, 0) is 6.54 Å². The number of hydrogen-bond acceptors (Lipinski definition) is 2. The Balaban J connectivity index is 2.63. The maximum Gasteiger partial charge on any atom is 0.0582 e. The predicted octanol–water partition coefficient (Wildman–Crippen LogP) is 2.12. The average Bonchev–Trinajstić information content (AvgIpc) is 2.20. The summed E-state index contributed by atoms with van der Waals surface area (Å²) < 4.78 is 0. The van der Waals surface area contributed by atoms with E-state index in [2.05, 4.69) is 5.32 Å². The average molecular weight is 214 g/mol. The van der Waals surface area contributed by atoms with E-state index in [4.69, 9.17) is 16.7 Å². The van der Waals surface area contributed by atoms with Crippen LogP contribution in [-0.4, -0.2) is 17.8 Å². The van der Waals surface area contributed by atoms with E-state index >= 15 is 0 Å². The van der Waals surface area contributed by atoms with Gasteiger partial charge in [-0.05, 0) is 25.0 Å². The molecule has 2 nitrogen and oxygen atoms in total. The van der Waals surface area contributed by atoms with Gasteiger partial charge in [0, 0.05) is 17.6 Å². The van der Waals surface area contributed by atoms with Gasteiger partial charge < -0.3 is 10.4 Å². The van der Waals surface area contributed by atoms with Crippen LogP contribution in [0.1, 0.15) is 18.1 Å². The molecule has 0 saturated heterocycles. The molecule has 2 N–H and O–H groups in total. The van der Waals surface area contributed by atoms with Crippen LogP contribution in [0.15, 0.2) is 18.2 Å². The van der Waals surface area contributed by atoms with Gasteiger partial charge in [0.1, 0.15) is 0 Å². The van der Waals surface area contributed by atoms with Gasteiger partial charge in [-0.1, -0.05) is 29.8 Å². The Hall–Kier alpha value is -0.570. The topological polar surface area (TPSA) is 32.3 Å². The summed E-state index contributed by atoms with van der Waals surface area (Å²) in [6.07, 6.45) is 0. The zero-order valence-corrected chi connectivity index (χ0v) is 9.30. The SMILES string of the molecule is Cc1cccc(CNC(C)CO)c1Cl. The molecule has 0 spiro atoms. The van der Waals surface area contributed by atoms with Crippen LogP contribution in [0.5, 0.6) is 0 Å². The molecule has 1 rings (SSSR count). The molecule has 3 heteroatoms. The van der Waals surface area contributed by atoms with Crippen molar-refractivity contribution in [3.8, 4) is 0 Å². The van der Waals surface area contributed by atoms with Crippen molar-refractivity contribution in [2.45, 2.75) is 26.4 Å². The van der Waals surface area contributed by atoms with Crippen LogP contribution in [0, 0.1) is 6.92 Å². The van der Waals surface area contributed by atoms with E-state index in [1.807, 2.05) is 32.0 Å². The standard InChI is InChI=1S/C11H16ClNO/c1-8-4-3-5-10(11(8)12)6-13-9(2)7-14/h3-5,9,13-14H,6-7H2,1-2H3. The predicted molar refractivity (Wildman–Crippen MR) is 59.6 cm³/mol. The fourth-order valence-electron chi connectivity index (χ4n) is 1.19.